The van der Waals surface area contributed by atoms with Gasteiger partial charge in [0.1, 0.15) is 5.75 Å². The average molecular weight is 686 g/mol. The van der Waals surface area contributed by atoms with Gasteiger partial charge in [0.15, 0.2) is 5.52 Å². The Morgan fingerprint density at radius 3 is 2.50 bits per heavy atom. The number of aromatic nitrogens is 5. The Labute approximate surface area is 286 Å². The molecule has 1 unspecified atom stereocenters. The van der Waals surface area contributed by atoms with Crippen molar-refractivity contribution in [3.8, 4) is 16.9 Å². The lowest BCUT2D eigenvalue weighted by Crippen LogP contribution is -2.05. The number of fused-ring (bicyclic) bond motifs is 2. The summed E-state index contributed by atoms with van der Waals surface area (Å²) in [4.78, 5) is 13.2. The largest absolute Gasteiger partial charge is 0.507 e. The molecule has 9 nitrogen and oxygen atoms in total. The second kappa shape index (κ2) is 14.2. The van der Waals surface area contributed by atoms with E-state index >= 15 is 0 Å². The van der Waals surface area contributed by atoms with Crippen LogP contribution in [-0.2, 0) is 58.4 Å². The van der Waals surface area contributed by atoms with Gasteiger partial charge in [0, 0.05) is 61.0 Å². The zero-order valence-corrected chi connectivity index (χ0v) is 29.7. The number of aliphatic hydroxyl groups excluding tert-OH is 1. The predicted molar refractivity (Wildman–Crippen MR) is 194 cm³/mol. The van der Waals surface area contributed by atoms with Gasteiger partial charge in [-0.25, -0.2) is 0 Å². The number of carbonyl (C=O) groups excluding carboxylic acids is 1. The monoisotopic (exact) mass is 685 g/mol. The van der Waals surface area contributed by atoms with Crippen LogP contribution >= 0.6 is 20.2 Å². The molecule has 3 aromatic carbocycles. The second-order valence-electron chi connectivity index (χ2n) is 12.2. The summed E-state index contributed by atoms with van der Waals surface area (Å²) in [5.41, 5.74) is 8.95. The van der Waals surface area contributed by atoms with Crippen molar-refractivity contribution in [1.82, 2.24) is 24.1 Å². The van der Waals surface area contributed by atoms with Crippen molar-refractivity contribution < 1.29 is 19.7 Å². The number of ether oxygens (including phenoxy) is 1. The first-order chi connectivity index (χ1) is 23.1. The van der Waals surface area contributed by atoms with Gasteiger partial charge >= 0.3 is 0 Å². The summed E-state index contributed by atoms with van der Waals surface area (Å²) in [7, 11) is 5.88. The normalized spacial score (nSPS) is 12.0. The van der Waals surface area contributed by atoms with Crippen molar-refractivity contribution in [1.29, 1.82) is 0 Å². The topological polar surface area (TPSA) is 107 Å². The molecule has 11 heteroatoms. The zero-order valence-electron chi connectivity index (χ0n) is 28.0. The summed E-state index contributed by atoms with van der Waals surface area (Å²) in [6.07, 6.45) is 2.71. The van der Waals surface area contributed by atoms with Crippen LogP contribution in [0.4, 0.5) is 0 Å². The lowest BCUT2D eigenvalue weighted by Gasteiger charge is -2.12. The van der Waals surface area contributed by atoms with Gasteiger partial charge in [-0.05, 0) is 82.6 Å². The molecule has 6 aromatic rings. The molecule has 0 aliphatic carbocycles. The van der Waals surface area contributed by atoms with Gasteiger partial charge in [-0.3, -0.25) is 14.2 Å². The third kappa shape index (κ3) is 6.40. The van der Waals surface area contributed by atoms with E-state index in [9.17, 15) is 15.0 Å². The first-order valence-corrected chi connectivity index (χ1v) is 18.0. The molecule has 6 rings (SSSR count). The maximum absolute atomic E-state index is 13.2. The fraction of sp³-hybridized carbons (Fsp3) is 0.324. The van der Waals surface area contributed by atoms with Gasteiger partial charge in [-0.2, -0.15) is 10.2 Å². The van der Waals surface area contributed by atoms with Crippen LogP contribution in [0.1, 0.15) is 50.8 Å². The number of hydrogen-bond acceptors (Lipinski definition) is 6. The summed E-state index contributed by atoms with van der Waals surface area (Å²) in [5, 5.41) is 33.0. The highest BCUT2D eigenvalue weighted by Crippen LogP contribution is 2.42. The fourth-order valence-corrected chi connectivity index (χ4v) is 7.56. The van der Waals surface area contributed by atoms with E-state index in [4.69, 9.17) is 26.5 Å². The van der Waals surface area contributed by atoms with Gasteiger partial charge in [0.25, 0.3) is 0 Å². The van der Waals surface area contributed by atoms with Crippen LogP contribution in [0.3, 0.4) is 0 Å². The van der Waals surface area contributed by atoms with Crippen molar-refractivity contribution >= 4 is 47.4 Å². The first kappa shape index (κ1) is 33.9. The van der Waals surface area contributed by atoms with Gasteiger partial charge in [0.2, 0.25) is 0 Å². The molecule has 3 heterocycles. The molecule has 0 saturated heterocycles. The number of aromatic hydroxyl groups is 1. The van der Waals surface area contributed by atoms with E-state index in [1.807, 2.05) is 91.1 Å². The van der Waals surface area contributed by atoms with Gasteiger partial charge in [0.05, 0.1) is 40.8 Å². The van der Waals surface area contributed by atoms with Crippen molar-refractivity contribution in [2.75, 3.05) is 13.3 Å². The summed E-state index contributed by atoms with van der Waals surface area (Å²) in [6, 6.07) is 17.8. The molecule has 48 heavy (non-hydrogen) atoms. The SMILES string of the molecule is CPC(=O)c1c(CCCO)c2ccc(Cl)c(-c3c(COCc4cc(CCc5cc(O)c6ccccc6c5)n(C)n4)nn(C)c3C)c2n1C. The summed E-state index contributed by atoms with van der Waals surface area (Å²) < 4.78 is 11.9. The number of rotatable bonds is 13. The molecule has 0 amide bonds. The van der Waals surface area contributed by atoms with Crippen molar-refractivity contribution in [3.05, 3.63) is 99.2 Å². The highest BCUT2D eigenvalue weighted by atomic mass is 35.5. The molecule has 3 aromatic heterocycles. The van der Waals surface area contributed by atoms with Crippen LogP contribution in [0, 0.1) is 6.92 Å². The maximum Gasteiger partial charge on any atom is 0.197 e. The highest BCUT2D eigenvalue weighted by Gasteiger charge is 2.27. The Morgan fingerprint density at radius 2 is 1.73 bits per heavy atom. The molecule has 250 valence electrons. The summed E-state index contributed by atoms with van der Waals surface area (Å²) in [6.45, 7) is 4.51. The van der Waals surface area contributed by atoms with Crippen molar-refractivity contribution in [3.63, 3.8) is 0 Å². The Kier molecular flexibility index (Phi) is 10.0. The molecule has 1 atom stereocenters. The zero-order chi connectivity index (χ0) is 34.1. The quantitative estimate of drug-likeness (QED) is 0.127. The fourth-order valence-electron chi connectivity index (χ4n) is 6.75. The molecule has 0 bridgehead atoms. The van der Waals surface area contributed by atoms with E-state index in [1.165, 1.54) is 0 Å². The van der Waals surface area contributed by atoms with E-state index < -0.39 is 0 Å². The van der Waals surface area contributed by atoms with E-state index in [2.05, 4.69) is 12.1 Å². The number of hydrogen-bond donors (Lipinski definition) is 2. The van der Waals surface area contributed by atoms with Gasteiger partial charge in [-0.15, -0.1) is 0 Å². The van der Waals surface area contributed by atoms with Gasteiger partial charge in [-0.1, -0.05) is 48.0 Å². The number of phenolic OH excluding ortho intramolecular Hbond substituents is 1. The number of aryl methyl sites for hydroxylation is 6. The van der Waals surface area contributed by atoms with Crippen LogP contribution in [-0.4, -0.2) is 53.1 Å². The molecule has 0 aliphatic rings. The maximum atomic E-state index is 13.2. The molecule has 0 saturated carbocycles. The van der Waals surface area contributed by atoms with Crippen LogP contribution < -0.4 is 0 Å². The number of phenols is 1. The van der Waals surface area contributed by atoms with Crippen LogP contribution in [0.25, 0.3) is 32.8 Å². The van der Waals surface area contributed by atoms with Crippen molar-refractivity contribution in [2.24, 2.45) is 21.1 Å². The minimum Gasteiger partial charge on any atom is -0.507 e. The number of halogens is 1. The predicted octanol–water partition coefficient (Wildman–Crippen LogP) is 7.01. The van der Waals surface area contributed by atoms with Crippen LogP contribution in [0.2, 0.25) is 5.02 Å². The van der Waals surface area contributed by atoms with E-state index in [0.717, 1.165) is 79.5 Å². The minimum atomic E-state index is 0.0504. The standard InChI is InChI=1S/C37H41ClN5O4P/c1-22-33(34-30(38)15-14-29-28(11-8-16-44)36(37(46)48-5)41(2)35(29)34)31(40-42(22)3)21-47-20-25-19-26(43(4)39-25)13-12-23-17-24-9-6-7-10-27(24)32(45)18-23/h6-7,9-10,14-15,17-19,44-45,48H,8,11-13,16,20-21H2,1-5H3. The van der Waals surface area contributed by atoms with Crippen molar-refractivity contribution in [2.45, 2.75) is 45.8 Å². The lowest BCUT2D eigenvalue weighted by atomic mass is 9.98. The third-order valence-corrected chi connectivity index (χ3v) is 10.2. The summed E-state index contributed by atoms with van der Waals surface area (Å²) >= 11 is 6.96. The number of benzene rings is 3. The first-order valence-electron chi connectivity index (χ1n) is 16.1. The van der Waals surface area contributed by atoms with E-state index in [1.54, 1.807) is 0 Å². The van der Waals surface area contributed by atoms with Crippen LogP contribution in [0.15, 0.2) is 54.6 Å². The Morgan fingerprint density at radius 1 is 0.938 bits per heavy atom. The molecule has 0 aliphatic heterocycles. The molecule has 0 fully saturated rings. The number of nitrogens with zero attached hydrogens (tertiary/aromatic N) is 5. The van der Waals surface area contributed by atoms with Crippen LogP contribution in [0.5, 0.6) is 5.75 Å². The molecular formula is C37H41ClN5O4P. The number of aliphatic hydroxyl groups is 1. The lowest BCUT2D eigenvalue weighted by molar-refractivity contribution is 0.101. The molecule has 0 radical (unpaired) electrons. The Balaban J connectivity index is 1.24. The smallest absolute Gasteiger partial charge is 0.197 e. The average Bonchev–Trinajstić information content (AvgIpc) is 3.67. The third-order valence-electron chi connectivity index (χ3n) is 9.18. The molecule has 0 spiro atoms. The highest BCUT2D eigenvalue weighted by molar-refractivity contribution is 7.58. The van der Waals surface area contributed by atoms with Gasteiger partial charge < -0.3 is 19.5 Å². The number of carbonyl (C=O) groups is 1. The summed E-state index contributed by atoms with van der Waals surface area (Å²) in [5.74, 6) is 0.299. The van der Waals surface area contributed by atoms with E-state index in [0.29, 0.717) is 35.9 Å². The Hall–Kier alpha value is -4.01. The molecule has 2 N–H and O–H groups in total. The minimum absolute atomic E-state index is 0.0504. The Bertz CT molecular complexity index is 2150. The second-order valence-corrected chi connectivity index (χ2v) is 13.6. The molecular weight excluding hydrogens is 645 g/mol. The van der Waals surface area contributed by atoms with E-state index in [-0.39, 0.29) is 27.3 Å².